The number of hydrogen-bond donors (Lipinski definition) is 2. The molecule has 0 unspecified atom stereocenters. The summed E-state index contributed by atoms with van der Waals surface area (Å²) in [6.45, 7) is 1.76. The van der Waals surface area contributed by atoms with Gasteiger partial charge in [0.2, 0.25) is 0 Å². The average molecular weight is 494 g/mol. The van der Waals surface area contributed by atoms with Crippen molar-refractivity contribution in [3.8, 4) is 11.5 Å². The highest BCUT2D eigenvalue weighted by Crippen LogP contribution is 2.33. The van der Waals surface area contributed by atoms with Gasteiger partial charge < -0.3 is 15.4 Å². The van der Waals surface area contributed by atoms with E-state index in [4.69, 9.17) is 16.3 Å². The molecule has 172 valence electrons. The Labute approximate surface area is 197 Å². The van der Waals surface area contributed by atoms with Crippen molar-refractivity contribution in [2.24, 2.45) is 0 Å². The minimum atomic E-state index is -4.40. The molecule has 1 aromatic heterocycles. The van der Waals surface area contributed by atoms with E-state index < -0.39 is 11.7 Å². The van der Waals surface area contributed by atoms with Crippen molar-refractivity contribution in [2.45, 2.75) is 32.0 Å². The monoisotopic (exact) mass is 493 g/mol. The lowest BCUT2D eigenvalue weighted by molar-refractivity contribution is -0.137. The van der Waals surface area contributed by atoms with Crippen LogP contribution in [0.25, 0.3) is 5.57 Å². The van der Waals surface area contributed by atoms with Crippen molar-refractivity contribution in [2.75, 3.05) is 5.32 Å². The number of carbonyl (C=O) groups excluding carboxylic acids is 1. The number of carbonyl (C=O) groups is 1. The fraction of sp³-hybridized carbons (Fsp3) is 0.217. The van der Waals surface area contributed by atoms with Gasteiger partial charge in [0, 0.05) is 12.2 Å². The van der Waals surface area contributed by atoms with Gasteiger partial charge in [0.15, 0.2) is 0 Å². The highest BCUT2D eigenvalue weighted by Gasteiger charge is 2.30. The minimum Gasteiger partial charge on any atom is -0.457 e. The van der Waals surface area contributed by atoms with E-state index in [0.717, 1.165) is 36.5 Å². The van der Waals surface area contributed by atoms with Gasteiger partial charge >= 0.3 is 6.18 Å². The average Bonchev–Trinajstić information content (AvgIpc) is 3.56. The first-order chi connectivity index (χ1) is 15.7. The van der Waals surface area contributed by atoms with E-state index >= 15 is 0 Å². The standard InChI is InChI=1S/C23H19ClF3N3O2S/c1-13-20(24)22(33-30-13)29-21(31)19(12-28-16-6-7-16)14-2-8-17(9-3-14)32-18-10-4-15(5-11-18)23(25,26)27/h2-5,8-12,16,28H,6-7H2,1H3,(H,29,31)/b19-12-. The SMILES string of the molecule is Cc1nsc(NC(=O)/C(=C\NC2CC2)c2ccc(Oc3ccc(C(F)(F)F)cc3)cc2)c1Cl. The van der Waals surface area contributed by atoms with E-state index in [0.29, 0.717) is 38.6 Å². The maximum atomic E-state index is 13.0. The smallest absolute Gasteiger partial charge is 0.416 e. The number of ether oxygens (including phenoxy) is 1. The number of amides is 1. The molecule has 1 aliphatic rings. The molecule has 1 heterocycles. The molecular formula is C23H19ClF3N3O2S. The third kappa shape index (κ3) is 5.85. The summed E-state index contributed by atoms with van der Waals surface area (Å²) in [5.41, 5.74) is 0.941. The predicted molar refractivity (Wildman–Crippen MR) is 123 cm³/mol. The minimum absolute atomic E-state index is 0.273. The molecule has 2 aromatic carbocycles. The Hall–Kier alpha value is -3.04. The van der Waals surface area contributed by atoms with Crippen LogP contribution in [0, 0.1) is 6.92 Å². The molecule has 3 aromatic rings. The van der Waals surface area contributed by atoms with Crippen molar-refractivity contribution in [1.82, 2.24) is 9.69 Å². The van der Waals surface area contributed by atoms with E-state index in [-0.39, 0.29) is 11.7 Å². The third-order valence-electron chi connectivity index (χ3n) is 4.89. The van der Waals surface area contributed by atoms with Gasteiger partial charge in [-0.3, -0.25) is 4.79 Å². The molecular weight excluding hydrogens is 475 g/mol. The molecule has 0 radical (unpaired) electrons. The van der Waals surface area contributed by atoms with Crippen molar-refractivity contribution in [3.05, 3.63) is 76.6 Å². The number of benzene rings is 2. The van der Waals surface area contributed by atoms with Gasteiger partial charge in [-0.1, -0.05) is 23.7 Å². The summed E-state index contributed by atoms with van der Waals surface area (Å²) in [6, 6.07) is 11.5. The Bertz CT molecular complexity index is 1170. The number of aryl methyl sites for hydroxylation is 1. The fourth-order valence-corrected chi connectivity index (χ4v) is 3.82. The Morgan fingerprint density at radius 1 is 1.12 bits per heavy atom. The number of aromatic nitrogens is 1. The lowest BCUT2D eigenvalue weighted by Gasteiger charge is -2.11. The summed E-state index contributed by atoms with van der Waals surface area (Å²) in [6.07, 6.45) is -0.628. The van der Waals surface area contributed by atoms with Crippen LogP contribution in [0.2, 0.25) is 5.02 Å². The summed E-state index contributed by atoms with van der Waals surface area (Å²) in [5, 5.41) is 6.90. The predicted octanol–water partition coefficient (Wildman–Crippen LogP) is 6.65. The molecule has 1 fully saturated rings. The zero-order valence-electron chi connectivity index (χ0n) is 17.4. The van der Waals surface area contributed by atoms with Crippen LogP contribution in [0.3, 0.4) is 0 Å². The van der Waals surface area contributed by atoms with E-state index in [1.165, 1.54) is 12.1 Å². The fourth-order valence-electron chi connectivity index (χ4n) is 2.89. The topological polar surface area (TPSA) is 63.2 Å². The normalized spacial score (nSPS) is 14.2. The van der Waals surface area contributed by atoms with Crippen LogP contribution in [0.1, 0.15) is 29.7 Å². The zero-order chi connectivity index (χ0) is 23.6. The molecule has 2 N–H and O–H groups in total. The van der Waals surface area contributed by atoms with E-state index in [2.05, 4.69) is 15.0 Å². The Morgan fingerprint density at radius 3 is 2.24 bits per heavy atom. The number of anilines is 1. The molecule has 0 atom stereocenters. The first-order valence-corrected chi connectivity index (χ1v) is 11.2. The largest absolute Gasteiger partial charge is 0.457 e. The van der Waals surface area contributed by atoms with Gasteiger partial charge in [0.1, 0.15) is 16.5 Å². The quantitative estimate of drug-likeness (QED) is 0.362. The van der Waals surface area contributed by atoms with Gasteiger partial charge in [0.05, 0.1) is 21.9 Å². The maximum absolute atomic E-state index is 13.0. The van der Waals surface area contributed by atoms with Crippen LogP contribution in [0.4, 0.5) is 18.2 Å². The van der Waals surface area contributed by atoms with Crippen LogP contribution in [-0.2, 0) is 11.0 Å². The van der Waals surface area contributed by atoms with Gasteiger partial charge in [-0.15, -0.1) is 0 Å². The molecule has 0 bridgehead atoms. The Kier molecular flexibility index (Phi) is 6.62. The molecule has 10 heteroatoms. The van der Waals surface area contributed by atoms with Crippen molar-refractivity contribution in [1.29, 1.82) is 0 Å². The first-order valence-electron chi connectivity index (χ1n) is 10.1. The highest BCUT2D eigenvalue weighted by molar-refractivity contribution is 7.11. The van der Waals surface area contributed by atoms with Crippen molar-refractivity contribution < 1.29 is 22.7 Å². The molecule has 1 aliphatic carbocycles. The van der Waals surface area contributed by atoms with Gasteiger partial charge in [0.25, 0.3) is 5.91 Å². The summed E-state index contributed by atoms with van der Waals surface area (Å²) in [4.78, 5) is 13.0. The van der Waals surface area contributed by atoms with E-state index in [9.17, 15) is 18.0 Å². The van der Waals surface area contributed by atoms with Gasteiger partial charge in [-0.25, -0.2) is 0 Å². The summed E-state index contributed by atoms with van der Waals surface area (Å²) < 4.78 is 47.9. The van der Waals surface area contributed by atoms with Gasteiger partial charge in [-0.2, -0.15) is 17.5 Å². The van der Waals surface area contributed by atoms with Crippen LogP contribution in [0.5, 0.6) is 11.5 Å². The van der Waals surface area contributed by atoms with Gasteiger partial charge in [-0.05, 0) is 73.3 Å². The van der Waals surface area contributed by atoms with E-state index in [1.54, 1.807) is 37.4 Å². The second-order valence-electron chi connectivity index (χ2n) is 7.51. The summed E-state index contributed by atoms with van der Waals surface area (Å²) in [7, 11) is 0. The van der Waals surface area contributed by atoms with Crippen molar-refractivity contribution >= 4 is 39.6 Å². The molecule has 0 spiro atoms. The number of nitrogens with one attached hydrogen (secondary N) is 2. The maximum Gasteiger partial charge on any atom is 0.416 e. The van der Waals surface area contributed by atoms with Crippen LogP contribution in [0.15, 0.2) is 54.7 Å². The number of alkyl halides is 3. The molecule has 4 rings (SSSR count). The van der Waals surface area contributed by atoms with Crippen molar-refractivity contribution in [3.63, 3.8) is 0 Å². The summed E-state index contributed by atoms with van der Waals surface area (Å²) in [5.74, 6) is 0.356. The highest BCUT2D eigenvalue weighted by atomic mass is 35.5. The molecule has 33 heavy (non-hydrogen) atoms. The molecule has 1 amide bonds. The molecule has 5 nitrogen and oxygen atoms in total. The van der Waals surface area contributed by atoms with Crippen LogP contribution < -0.4 is 15.4 Å². The molecule has 1 saturated carbocycles. The molecule has 0 aliphatic heterocycles. The zero-order valence-corrected chi connectivity index (χ0v) is 18.9. The Balaban J connectivity index is 1.50. The second-order valence-corrected chi connectivity index (χ2v) is 8.66. The third-order valence-corrected chi connectivity index (χ3v) is 6.31. The first kappa shape index (κ1) is 23.1. The summed E-state index contributed by atoms with van der Waals surface area (Å²) >= 11 is 7.30. The molecule has 0 saturated heterocycles. The number of halogens is 4. The Morgan fingerprint density at radius 2 is 1.73 bits per heavy atom. The number of rotatable bonds is 7. The van der Waals surface area contributed by atoms with Crippen LogP contribution in [-0.4, -0.2) is 16.3 Å². The lowest BCUT2D eigenvalue weighted by Crippen LogP contribution is -2.17. The number of nitrogens with zero attached hydrogens (tertiary/aromatic N) is 1. The van der Waals surface area contributed by atoms with Crippen LogP contribution >= 0.6 is 23.1 Å². The number of hydrogen-bond acceptors (Lipinski definition) is 5. The van der Waals surface area contributed by atoms with E-state index in [1.807, 2.05) is 0 Å². The lowest BCUT2D eigenvalue weighted by atomic mass is 10.1. The second kappa shape index (κ2) is 9.44.